The Bertz CT molecular complexity index is 723. The van der Waals surface area contributed by atoms with Crippen molar-refractivity contribution in [2.45, 2.75) is 33.4 Å². The summed E-state index contributed by atoms with van der Waals surface area (Å²) in [6, 6.07) is 15.3. The smallest absolute Gasteiger partial charge is 0.0489 e. The van der Waals surface area contributed by atoms with Gasteiger partial charge in [0.1, 0.15) is 0 Å². The summed E-state index contributed by atoms with van der Waals surface area (Å²) >= 11 is 0. The number of hydrogen-bond acceptors (Lipinski definition) is 1. The van der Waals surface area contributed by atoms with Crippen LogP contribution in [0.2, 0.25) is 0 Å². The van der Waals surface area contributed by atoms with Crippen LogP contribution < -0.4 is 5.32 Å². The highest BCUT2D eigenvalue weighted by atomic mass is 14.9. The van der Waals surface area contributed by atoms with Crippen molar-refractivity contribution in [1.29, 1.82) is 0 Å². The Hall–Kier alpha value is -2.06. The Balaban J connectivity index is 1.69. The highest BCUT2D eigenvalue weighted by Crippen LogP contribution is 2.22. The summed E-state index contributed by atoms with van der Waals surface area (Å²) in [5.41, 5.74) is 6.65. The summed E-state index contributed by atoms with van der Waals surface area (Å²) in [6.45, 7) is 6.11. The molecule has 0 aliphatic carbocycles. The minimum absolute atomic E-state index is 0.890. The molecular formula is C19H22N2. The lowest BCUT2D eigenvalue weighted by Gasteiger charge is -2.05. The van der Waals surface area contributed by atoms with Crippen LogP contribution in [0.25, 0.3) is 10.9 Å². The van der Waals surface area contributed by atoms with E-state index in [2.05, 4.69) is 72.8 Å². The zero-order valence-electron chi connectivity index (χ0n) is 12.7. The van der Waals surface area contributed by atoms with Crippen molar-refractivity contribution in [2.75, 3.05) is 0 Å². The van der Waals surface area contributed by atoms with Crippen molar-refractivity contribution in [3.8, 4) is 0 Å². The van der Waals surface area contributed by atoms with Gasteiger partial charge in [-0.25, -0.2) is 0 Å². The third kappa shape index (κ3) is 3.01. The summed E-state index contributed by atoms with van der Waals surface area (Å²) in [5.74, 6) is 0. The lowest BCUT2D eigenvalue weighted by atomic mass is 10.1. The maximum Gasteiger partial charge on any atom is 0.0489 e. The predicted octanol–water partition coefficient (Wildman–Crippen LogP) is 4.33. The van der Waals surface area contributed by atoms with E-state index in [0.717, 1.165) is 19.5 Å². The van der Waals surface area contributed by atoms with Crippen molar-refractivity contribution in [3.63, 3.8) is 0 Å². The van der Waals surface area contributed by atoms with Crippen LogP contribution in [0.4, 0.5) is 0 Å². The van der Waals surface area contributed by atoms with Gasteiger partial charge in [-0.1, -0.05) is 55.0 Å². The molecule has 0 bridgehead atoms. The summed E-state index contributed by atoms with van der Waals surface area (Å²) in [5, 5.41) is 4.87. The number of nitrogens with one attached hydrogen (secondary N) is 2. The molecule has 1 heterocycles. The Morgan fingerprint density at radius 2 is 1.76 bits per heavy atom. The molecule has 0 aliphatic heterocycles. The van der Waals surface area contributed by atoms with E-state index in [4.69, 9.17) is 0 Å². The molecule has 1 aromatic heterocycles. The number of benzene rings is 2. The maximum absolute atomic E-state index is 3.53. The molecule has 108 valence electrons. The van der Waals surface area contributed by atoms with Gasteiger partial charge < -0.3 is 10.3 Å². The van der Waals surface area contributed by atoms with Gasteiger partial charge in [0.15, 0.2) is 0 Å². The number of hydrogen-bond donors (Lipinski definition) is 2. The van der Waals surface area contributed by atoms with E-state index < -0.39 is 0 Å². The number of H-pyrrole nitrogens is 1. The number of fused-ring (bicyclic) bond motifs is 1. The van der Waals surface area contributed by atoms with Crippen LogP contribution in [0.15, 0.2) is 48.7 Å². The average Bonchev–Trinajstić information content (AvgIpc) is 2.92. The fourth-order valence-electron chi connectivity index (χ4n) is 2.76. The van der Waals surface area contributed by atoms with E-state index in [1.165, 1.54) is 33.2 Å². The van der Waals surface area contributed by atoms with Crippen molar-refractivity contribution < 1.29 is 0 Å². The van der Waals surface area contributed by atoms with Crippen molar-refractivity contribution >= 4 is 10.9 Å². The van der Waals surface area contributed by atoms with Crippen LogP contribution >= 0.6 is 0 Å². The molecule has 0 atom stereocenters. The number of aryl methyl sites for hydroxylation is 2. The normalized spacial score (nSPS) is 11.1. The second-order valence-corrected chi connectivity index (χ2v) is 5.60. The van der Waals surface area contributed by atoms with Gasteiger partial charge in [0.2, 0.25) is 0 Å². The van der Waals surface area contributed by atoms with E-state index in [1.54, 1.807) is 0 Å². The first-order chi connectivity index (χ1) is 10.3. The quantitative estimate of drug-likeness (QED) is 0.714. The summed E-state index contributed by atoms with van der Waals surface area (Å²) in [6.07, 6.45) is 3.19. The zero-order chi connectivity index (χ0) is 14.7. The van der Waals surface area contributed by atoms with Gasteiger partial charge in [0, 0.05) is 30.2 Å². The standard InChI is InChI=1S/C19H22N2/c1-3-16-5-4-6-18-17(13-21-19(16)18)12-20-11-15-9-7-14(2)8-10-15/h4-10,13,20-21H,3,11-12H2,1-2H3. The predicted molar refractivity (Wildman–Crippen MR) is 89.4 cm³/mol. The molecule has 3 rings (SSSR count). The van der Waals surface area contributed by atoms with Crippen LogP contribution in [0.1, 0.15) is 29.2 Å². The molecule has 2 aromatic carbocycles. The van der Waals surface area contributed by atoms with Gasteiger partial charge in [0.05, 0.1) is 0 Å². The van der Waals surface area contributed by atoms with Crippen LogP contribution in [0.3, 0.4) is 0 Å². The van der Waals surface area contributed by atoms with Gasteiger partial charge in [-0.15, -0.1) is 0 Å². The first kappa shape index (κ1) is 13.9. The maximum atomic E-state index is 3.53. The topological polar surface area (TPSA) is 27.8 Å². The lowest BCUT2D eigenvalue weighted by Crippen LogP contribution is -2.12. The van der Waals surface area contributed by atoms with Gasteiger partial charge in [-0.05, 0) is 30.0 Å². The highest BCUT2D eigenvalue weighted by molar-refractivity contribution is 5.86. The minimum Gasteiger partial charge on any atom is -0.361 e. The molecule has 0 amide bonds. The van der Waals surface area contributed by atoms with Crippen molar-refractivity contribution in [2.24, 2.45) is 0 Å². The highest BCUT2D eigenvalue weighted by Gasteiger charge is 2.06. The van der Waals surface area contributed by atoms with E-state index in [9.17, 15) is 0 Å². The number of aromatic amines is 1. The van der Waals surface area contributed by atoms with Crippen LogP contribution in [-0.4, -0.2) is 4.98 Å². The molecule has 2 N–H and O–H groups in total. The van der Waals surface area contributed by atoms with E-state index in [-0.39, 0.29) is 0 Å². The van der Waals surface area contributed by atoms with Gasteiger partial charge in [0.25, 0.3) is 0 Å². The third-order valence-corrected chi connectivity index (χ3v) is 4.03. The molecule has 0 saturated heterocycles. The fourth-order valence-corrected chi connectivity index (χ4v) is 2.76. The Kier molecular flexibility index (Phi) is 4.07. The molecule has 0 aliphatic rings. The molecule has 0 radical (unpaired) electrons. The van der Waals surface area contributed by atoms with Crippen molar-refractivity contribution in [3.05, 3.63) is 70.9 Å². The zero-order valence-corrected chi connectivity index (χ0v) is 12.7. The number of para-hydroxylation sites is 1. The van der Waals surface area contributed by atoms with Crippen molar-refractivity contribution in [1.82, 2.24) is 10.3 Å². The molecule has 0 fully saturated rings. The summed E-state index contributed by atoms with van der Waals surface area (Å²) in [7, 11) is 0. The Morgan fingerprint density at radius 3 is 2.52 bits per heavy atom. The Morgan fingerprint density at radius 1 is 0.952 bits per heavy atom. The van der Waals surface area contributed by atoms with E-state index in [0.29, 0.717) is 0 Å². The first-order valence-electron chi connectivity index (χ1n) is 7.62. The van der Waals surface area contributed by atoms with Gasteiger partial charge in [-0.2, -0.15) is 0 Å². The van der Waals surface area contributed by atoms with E-state index in [1.807, 2.05) is 0 Å². The second-order valence-electron chi connectivity index (χ2n) is 5.60. The largest absolute Gasteiger partial charge is 0.361 e. The van der Waals surface area contributed by atoms with Gasteiger partial charge in [-0.3, -0.25) is 0 Å². The van der Waals surface area contributed by atoms with Crippen LogP contribution in [-0.2, 0) is 19.5 Å². The third-order valence-electron chi connectivity index (χ3n) is 4.03. The van der Waals surface area contributed by atoms with Crippen LogP contribution in [0, 0.1) is 6.92 Å². The number of rotatable bonds is 5. The average molecular weight is 278 g/mol. The molecule has 0 spiro atoms. The van der Waals surface area contributed by atoms with Gasteiger partial charge >= 0.3 is 0 Å². The SMILES string of the molecule is CCc1cccc2c(CNCc3ccc(C)cc3)c[nH]c12. The molecule has 2 heteroatoms. The monoisotopic (exact) mass is 278 g/mol. The molecular weight excluding hydrogens is 256 g/mol. The molecule has 0 saturated carbocycles. The minimum atomic E-state index is 0.890. The number of aromatic nitrogens is 1. The second kappa shape index (κ2) is 6.15. The molecule has 0 unspecified atom stereocenters. The summed E-state index contributed by atoms with van der Waals surface area (Å²) in [4.78, 5) is 3.42. The molecule has 21 heavy (non-hydrogen) atoms. The fraction of sp³-hybridized carbons (Fsp3) is 0.263. The molecule has 3 aromatic rings. The Labute approximate surface area is 126 Å². The first-order valence-corrected chi connectivity index (χ1v) is 7.62. The summed E-state index contributed by atoms with van der Waals surface area (Å²) < 4.78 is 0. The molecule has 2 nitrogen and oxygen atoms in total. The lowest BCUT2D eigenvalue weighted by molar-refractivity contribution is 0.696. The van der Waals surface area contributed by atoms with E-state index >= 15 is 0 Å². The van der Waals surface area contributed by atoms with Crippen LogP contribution in [0.5, 0.6) is 0 Å².